The molecule has 2 heterocycles. The molecule has 1 amide bonds. The largest absolute Gasteiger partial charge is 0.456 e. The SMILES string of the molecule is O=C1CCc2cc(C(=O)COC(=O)Cn3c(=O)oc4ccccc43)ccc2N1. The average molecular weight is 380 g/mol. The van der Waals surface area contributed by atoms with Gasteiger partial charge in [0.05, 0.1) is 5.52 Å². The molecule has 0 fully saturated rings. The molecular formula is C20H16N2O6. The molecule has 0 saturated carbocycles. The van der Waals surface area contributed by atoms with Crippen molar-refractivity contribution in [3.63, 3.8) is 0 Å². The normalized spacial score (nSPS) is 13.1. The molecule has 1 aliphatic heterocycles. The summed E-state index contributed by atoms with van der Waals surface area (Å²) in [4.78, 5) is 47.7. The van der Waals surface area contributed by atoms with E-state index < -0.39 is 18.3 Å². The number of ketones is 1. The molecule has 0 aliphatic carbocycles. The number of para-hydroxylation sites is 2. The summed E-state index contributed by atoms with van der Waals surface area (Å²) in [5, 5.41) is 2.74. The van der Waals surface area contributed by atoms with Crippen molar-refractivity contribution in [2.75, 3.05) is 11.9 Å². The van der Waals surface area contributed by atoms with Gasteiger partial charge in [-0.3, -0.25) is 19.0 Å². The van der Waals surface area contributed by atoms with Crippen LogP contribution in [0.15, 0.2) is 51.7 Å². The number of carbonyl (C=O) groups is 3. The Hall–Kier alpha value is -3.68. The number of carbonyl (C=O) groups excluding carboxylic acids is 3. The van der Waals surface area contributed by atoms with Crippen molar-refractivity contribution in [1.82, 2.24) is 4.57 Å². The summed E-state index contributed by atoms with van der Waals surface area (Å²) < 4.78 is 11.3. The third kappa shape index (κ3) is 3.44. The molecule has 3 aromatic rings. The first-order chi connectivity index (χ1) is 13.5. The van der Waals surface area contributed by atoms with E-state index in [1.807, 2.05) is 0 Å². The zero-order valence-corrected chi connectivity index (χ0v) is 14.8. The van der Waals surface area contributed by atoms with Gasteiger partial charge in [-0.25, -0.2) is 4.79 Å². The van der Waals surface area contributed by atoms with Gasteiger partial charge in [-0.1, -0.05) is 12.1 Å². The van der Waals surface area contributed by atoms with Gasteiger partial charge in [0.15, 0.2) is 18.0 Å². The number of anilines is 1. The van der Waals surface area contributed by atoms with Gasteiger partial charge >= 0.3 is 11.7 Å². The van der Waals surface area contributed by atoms with Crippen LogP contribution >= 0.6 is 0 Å². The highest BCUT2D eigenvalue weighted by molar-refractivity contribution is 6.00. The summed E-state index contributed by atoms with van der Waals surface area (Å²) in [7, 11) is 0. The van der Waals surface area contributed by atoms with Gasteiger partial charge < -0.3 is 14.5 Å². The van der Waals surface area contributed by atoms with Gasteiger partial charge in [-0.2, -0.15) is 0 Å². The van der Waals surface area contributed by atoms with Crippen LogP contribution in [0.3, 0.4) is 0 Å². The van der Waals surface area contributed by atoms with Crippen LogP contribution in [0, 0.1) is 0 Å². The van der Waals surface area contributed by atoms with Crippen molar-refractivity contribution in [3.8, 4) is 0 Å². The zero-order valence-electron chi connectivity index (χ0n) is 14.8. The number of aryl methyl sites for hydroxylation is 1. The lowest BCUT2D eigenvalue weighted by Gasteiger charge is -2.17. The Morgan fingerprint density at radius 1 is 1.11 bits per heavy atom. The van der Waals surface area contributed by atoms with E-state index in [1.165, 1.54) is 0 Å². The third-order valence-electron chi connectivity index (χ3n) is 4.55. The maximum atomic E-state index is 12.3. The number of hydrogen-bond acceptors (Lipinski definition) is 6. The second kappa shape index (κ2) is 7.15. The van der Waals surface area contributed by atoms with Gasteiger partial charge in [0.1, 0.15) is 6.54 Å². The molecular weight excluding hydrogens is 364 g/mol. The number of fused-ring (bicyclic) bond motifs is 2. The quantitative estimate of drug-likeness (QED) is 0.535. The summed E-state index contributed by atoms with van der Waals surface area (Å²) in [5.74, 6) is -1.80. The molecule has 0 bridgehead atoms. The molecule has 0 saturated heterocycles. The lowest BCUT2D eigenvalue weighted by molar-refractivity contribution is -0.143. The van der Waals surface area contributed by atoms with Crippen LogP contribution < -0.4 is 11.1 Å². The second-order valence-electron chi connectivity index (χ2n) is 6.43. The van der Waals surface area contributed by atoms with Gasteiger partial charge in [-0.15, -0.1) is 0 Å². The van der Waals surface area contributed by atoms with E-state index >= 15 is 0 Å². The summed E-state index contributed by atoms with van der Waals surface area (Å²) >= 11 is 0. The van der Waals surface area contributed by atoms with E-state index in [0.29, 0.717) is 35.2 Å². The summed E-state index contributed by atoms with van der Waals surface area (Å²) in [5.41, 5.74) is 2.81. The monoisotopic (exact) mass is 380 g/mol. The molecule has 4 rings (SSSR count). The maximum Gasteiger partial charge on any atom is 0.420 e. The lowest BCUT2D eigenvalue weighted by Crippen LogP contribution is -2.24. The van der Waals surface area contributed by atoms with Crippen molar-refractivity contribution in [3.05, 3.63) is 64.1 Å². The Bertz CT molecular complexity index is 1160. The fourth-order valence-electron chi connectivity index (χ4n) is 3.12. The van der Waals surface area contributed by atoms with E-state index in [0.717, 1.165) is 10.1 Å². The molecule has 0 atom stereocenters. The maximum absolute atomic E-state index is 12.3. The second-order valence-corrected chi connectivity index (χ2v) is 6.43. The van der Waals surface area contributed by atoms with E-state index in [9.17, 15) is 19.2 Å². The van der Waals surface area contributed by atoms with Crippen LogP contribution in [-0.2, 0) is 27.3 Å². The summed E-state index contributed by atoms with van der Waals surface area (Å²) in [6, 6.07) is 11.7. The summed E-state index contributed by atoms with van der Waals surface area (Å²) in [6.45, 7) is -0.784. The average Bonchev–Trinajstić information content (AvgIpc) is 3.01. The Labute approximate surface area is 158 Å². The van der Waals surface area contributed by atoms with Crippen molar-refractivity contribution in [1.29, 1.82) is 0 Å². The molecule has 2 aromatic carbocycles. The highest BCUT2D eigenvalue weighted by atomic mass is 16.5. The first-order valence-corrected chi connectivity index (χ1v) is 8.71. The minimum atomic E-state index is -0.716. The van der Waals surface area contributed by atoms with Crippen molar-refractivity contribution >= 4 is 34.4 Å². The van der Waals surface area contributed by atoms with E-state index in [4.69, 9.17) is 9.15 Å². The predicted octanol–water partition coefficient (Wildman–Crippen LogP) is 1.91. The van der Waals surface area contributed by atoms with Crippen LogP contribution in [0.2, 0.25) is 0 Å². The number of nitrogens with zero attached hydrogens (tertiary/aromatic N) is 1. The van der Waals surface area contributed by atoms with Crippen LogP contribution in [0.5, 0.6) is 0 Å². The summed E-state index contributed by atoms with van der Waals surface area (Å²) in [6.07, 6.45) is 0.922. The van der Waals surface area contributed by atoms with E-state index in [1.54, 1.807) is 42.5 Å². The third-order valence-corrected chi connectivity index (χ3v) is 4.55. The number of benzene rings is 2. The van der Waals surface area contributed by atoms with Gasteiger partial charge in [-0.05, 0) is 42.3 Å². The molecule has 8 nitrogen and oxygen atoms in total. The Morgan fingerprint density at radius 2 is 1.93 bits per heavy atom. The highest BCUT2D eigenvalue weighted by Crippen LogP contribution is 2.23. The molecule has 1 N–H and O–H groups in total. The number of esters is 1. The number of hydrogen-bond donors (Lipinski definition) is 1. The fraction of sp³-hybridized carbons (Fsp3) is 0.200. The molecule has 0 unspecified atom stereocenters. The van der Waals surface area contributed by atoms with Crippen LogP contribution in [0.1, 0.15) is 22.3 Å². The first-order valence-electron chi connectivity index (χ1n) is 8.71. The number of Topliss-reactive ketones (excluding diaryl/α,β-unsaturated/α-hetero) is 1. The molecule has 0 spiro atoms. The number of ether oxygens (including phenoxy) is 1. The number of nitrogens with one attached hydrogen (secondary N) is 1. The topological polar surface area (TPSA) is 108 Å². The molecule has 142 valence electrons. The van der Waals surface area contributed by atoms with Crippen LogP contribution in [-0.4, -0.2) is 28.8 Å². The number of rotatable bonds is 5. The standard InChI is InChI=1S/C20H16N2O6/c23-16(13-5-7-14-12(9-13)6-8-18(24)21-14)11-27-19(25)10-22-15-3-1-2-4-17(15)28-20(22)26/h1-5,7,9H,6,8,10-11H2,(H,21,24). The Balaban J connectivity index is 1.41. The Morgan fingerprint density at radius 3 is 2.79 bits per heavy atom. The number of amides is 1. The molecule has 8 heteroatoms. The molecule has 28 heavy (non-hydrogen) atoms. The van der Waals surface area contributed by atoms with Crippen molar-refractivity contribution in [2.45, 2.75) is 19.4 Å². The van der Waals surface area contributed by atoms with Gasteiger partial charge in [0.25, 0.3) is 0 Å². The predicted molar refractivity (Wildman–Crippen MR) is 99.2 cm³/mol. The molecule has 0 radical (unpaired) electrons. The van der Waals surface area contributed by atoms with E-state index in [-0.39, 0.29) is 18.2 Å². The smallest absolute Gasteiger partial charge is 0.420 e. The van der Waals surface area contributed by atoms with Crippen LogP contribution in [0.4, 0.5) is 5.69 Å². The minimum absolute atomic E-state index is 0.0532. The number of aromatic nitrogens is 1. The van der Waals surface area contributed by atoms with Gasteiger partial charge in [0, 0.05) is 17.7 Å². The highest BCUT2D eigenvalue weighted by Gasteiger charge is 2.18. The van der Waals surface area contributed by atoms with Crippen molar-refractivity contribution < 1.29 is 23.5 Å². The van der Waals surface area contributed by atoms with Gasteiger partial charge in [0.2, 0.25) is 5.91 Å². The lowest BCUT2D eigenvalue weighted by atomic mass is 9.99. The van der Waals surface area contributed by atoms with Crippen molar-refractivity contribution in [2.24, 2.45) is 0 Å². The zero-order chi connectivity index (χ0) is 19.7. The molecule has 1 aromatic heterocycles. The van der Waals surface area contributed by atoms with Crippen LogP contribution in [0.25, 0.3) is 11.1 Å². The Kier molecular flexibility index (Phi) is 4.52. The van der Waals surface area contributed by atoms with E-state index in [2.05, 4.69) is 5.32 Å². The molecule has 1 aliphatic rings. The minimum Gasteiger partial charge on any atom is -0.456 e. The first kappa shape index (κ1) is 17.7. The number of oxazole rings is 1. The fourth-order valence-corrected chi connectivity index (χ4v) is 3.12.